The number of hydrogen-bond acceptors (Lipinski definition) is 3. The molecule has 0 aromatic heterocycles. The van der Waals surface area contributed by atoms with Crippen LogP contribution < -0.4 is 11.1 Å². The van der Waals surface area contributed by atoms with Crippen molar-refractivity contribution >= 4 is 17.6 Å². The highest BCUT2D eigenvalue weighted by atomic mass is 16.4. The molecule has 0 atom stereocenters. The van der Waals surface area contributed by atoms with Crippen LogP contribution in [0.4, 0.5) is 5.69 Å². The third-order valence-electron chi connectivity index (χ3n) is 3.27. The van der Waals surface area contributed by atoms with E-state index in [2.05, 4.69) is 5.32 Å². The van der Waals surface area contributed by atoms with Crippen molar-refractivity contribution in [2.45, 2.75) is 33.1 Å². The Labute approximate surface area is 119 Å². The van der Waals surface area contributed by atoms with Crippen LogP contribution in [0.2, 0.25) is 0 Å². The van der Waals surface area contributed by atoms with Crippen LogP contribution in [0, 0.1) is 5.41 Å². The van der Waals surface area contributed by atoms with E-state index in [9.17, 15) is 9.59 Å². The second-order valence-corrected chi connectivity index (χ2v) is 5.49. The molecule has 0 saturated carbocycles. The molecule has 0 heterocycles. The zero-order chi connectivity index (χ0) is 15.2. The van der Waals surface area contributed by atoms with Gasteiger partial charge in [0.05, 0.1) is 12.0 Å². The molecule has 0 saturated heterocycles. The van der Waals surface area contributed by atoms with E-state index in [1.165, 1.54) is 0 Å². The first kappa shape index (κ1) is 16.2. The number of carboxylic acids is 1. The molecule has 0 radical (unpaired) electrons. The maximum absolute atomic E-state index is 11.1. The van der Waals surface area contributed by atoms with Gasteiger partial charge < -0.3 is 16.2 Å². The van der Waals surface area contributed by atoms with Crippen LogP contribution in [-0.4, -0.2) is 23.5 Å². The van der Waals surface area contributed by atoms with Crippen molar-refractivity contribution < 1.29 is 14.7 Å². The zero-order valence-corrected chi connectivity index (χ0v) is 12.0. The molecule has 0 fully saturated rings. The molecule has 1 aromatic rings. The van der Waals surface area contributed by atoms with Crippen molar-refractivity contribution in [2.75, 3.05) is 11.9 Å². The van der Waals surface area contributed by atoms with Crippen LogP contribution >= 0.6 is 0 Å². The van der Waals surface area contributed by atoms with E-state index in [1.807, 2.05) is 24.3 Å². The van der Waals surface area contributed by atoms with Crippen molar-refractivity contribution in [3.63, 3.8) is 0 Å². The summed E-state index contributed by atoms with van der Waals surface area (Å²) in [4.78, 5) is 22.1. The van der Waals surface area contributed by atoms with Gasteiger partial charge in [-0.05, 0) is 50.8 Å². The fourth-order valence-electron chi connectivity index (χ4n) is 1.81. The number of nitrogens with one attached hydrogen (secondary N) is 1. The SMILES string of the molecule is CC(C)(CCCc1ccc(NC(=O)CN)cc1)C(=O)O. The Morgan fingerprint density at radius 3 is 2.35 bits per heavy atom. The lowest BCUT2D eigenvalue weighted by Crippen LogP contribution is -2.23. The molecule has 0 spiro atoms. The van der Waals surface area contributed by atoms with E-state index in [-0.39, 0.29) is 12.5 Å². The van der Waals surface area contributed by atoms with Gasteiger partial charge in [-0.1, -0.05) is 12.1 Å². The van der Waals surface area contributed by atoms with Gasteiger partial charge in [-0.25, -0.2) is 0 Å². The molecule has 0 aliphatic rings. The number of benzene rings is 1. The van der Waals surface area contributed by atoms with E-state index in [0.717, 1.165) is 24.1 Å². The summed E-state index contributed by atoms with van der Waals surface area (Å²) in [5.74, 6) is -0.988. The highest BCUT2D eigenvalue weighted by Crippen LogP contribution is 2.23. The Kier molecular flexibility index (Phi) is 5.70. The fraction of sp³-hybridized carbons (Fsp3) is 0.467. The van der Waals surface area contributed by atoms with E-state index in [1.54, 1.807) is 13.8 Å². The van der Waals surface area contributed by atoms with Gasteiger partial charge in [0.1, 0.15) is 0 Å². The minimum absolute atomic E-state index is 0.0357. The molecule has 4 N–H and O–H groups in total. The molecular formula is C15H22N2O3. The van der Waals surface area contributed by atoms with Gasteiger partial charge in [-0.3, -0.25) is 9.59 Å². The number of carboxylic acid groups (broad SMARTS) is 1. The molecule has 0 aliphatic carbocycles. The lowest BCUT2D eigenvalue weighted by atomic mass is 9.87. The predicted molar refractivity (Wildman–Crippen MR) is 78.5 cm³/mol. The number of rotatable bonds is 7. The van der Waals surface area contributed by atoms with Crippen molar-refractivity contribution in [2.24, 2.45) is 11.1 Å². The number of nitrogens with two attached hydrogens (primary N) is 1. The summed E-state index contributed by atoms with van der Waals surface area (Å²) in [5, 5.41) is 11.7. The zero-order valence-electron chi connectivity index (χ0n) is 12.0. The van der Waals surface area contributed by atoms with Gasteiger partial charge in [-0.2, -0.15) is 0 Å². The lowest BCUT2D eigenvalue weighted by molar-refractivity contribution is -0.147. The van der Waals surface area contributed by atoms with Crippen LogP contribution in [0.25, 0.3) is 0 Å². The summed E-state index contributed by atoms with van der Waals surface area (Å²) in [6.45, 7) is 3.44. The molecule has 20 heavy (non-hydrogen) atoms. The fourth-order valence-corrected chi connectivity index (χ4v) is 1.81. The first-order chi connectivity index (χ1) is 9.35. The Morgan fingerprint density at radius 1 is 1.25 bits per heavy atom. The summed E-state index contributed by atoms with van der Waals surface area (Å²) < 4.78 is 0. The van der Waals surface area contributed by atoms with Gasteiger partial charge >= 0.3 is 5.97 Å². The molecule has 1 aromatic carbocycles. The van der Waals surface area contributed by atoms with E-state index >= 15 is 0 Å². The molecule has 0 unspecified atom stereocenters. The third kappa shape index (κ3) is 5.01. The van der Waals surface area contributed by atoms with Crippen LogP contribution in [-0.2, 0) is 16.0 Å². The summed E-state index contributed by atoms with van der Waals surface area (Å²) in [5.41, 5.74) is 6.37. The Morgan fingerprint density at radius 2 is 1.85 bits per heavy atom. The molecule has 0 aliphatic heterocycles. The summed E-state index contributed by atoms with van der Waals surface area (Å²) >= 11 is 0. The van der Waals surface area contributed by atoms with Crippen molar-refractivity contribution in [1.82, 2.24) is 0 Å². The molecular weight excluding hydrogens is 256 g/mol. The number of anilines is 1. The lowest BCUT2D eigenvalue weighted by Gasteiger charge is -2.18. The molecule has 5 nitrogen and oxygen atoms in total. The standard InChI is InChI=1S/C15H22N2O3/c1-15(2,14(19)20)9-3-4-11-5-7-12(8-6-11)17-13(18)10-16/h5-8H,3-4,9-10,16H2,1-2H3,(H,17,18)(H,19,20). The maximum Gasteiger partial charge on any atom is 0.309 e. The number of carbonyl (C=O) groups excluding carboxylic acids is 1. The Balaban J connectivity index is 2.46. The van der Waals surface area contributed by atoms with Crippen LogP contribution in [0.3, 0.4) is 0 Å². The van der Waals surface area contributed by atoms with E-state index in [0.29, 0.717) is 6.42 Å². The smallest absolute Gasteiger partial charge is 0.309 e. The largest absolute Gasteiger partial charge is 0.481 e. The van der Waals surface area contributed by atoms with E-state index in [4.69, 9.17) is 10.8 Å². The van der Waals surface area contributed by atoms with Crippen LogP contribution in [0.1, 0.15) is 32.3 Å². The van der Waals surface area contributed by atoms with Gasteiger partial charge in [0.2, 0.25) is 5.91 Å². The van der Waals surface area contributed by atoms with Crippen molar-refractivity contribution in [1.29, 1.82) is 0 Å². The minimum Gasteiger partial charge on any atom is -0.481 e. The van der Waals surface area contributed by atoms with Gasteiger partial charge in [0, 0.05) is 5.69 Å². The average molecular weight is 278 g/mol. The first-order valence-corrected chi connectivity index (χ1v) is 6.67. The summed E-state index contributed by atoms with van der Waals surface area (Å²) in [6, 6.07) is 7.51. The molecule has 1 amide bonds. The number of carbonyl (C=O) groups is 2. The quantitative estimate of drug-likeness (QED) is 0.711. The number of amides is 1. The highest BCUT2D eigenvalue weighted by molar-refractivity contribution is 5.92. The van der Waals surface area contributed by atoms with Gasteiger partial charge in [0.25, 0.3) is 0 Å². The number of hydrogen-bond donors (Lipinski definition) is 3. The normalized spacial score (nSPS) is 11.2. The predicted octanol–water partition coefficient (Wildman–Crippen LogP) is 2.02. The second-order valence-electron chi connectivity index (χ2n) is 5.49. The Bertz CT molecular complexity index is 467. The van der Waals surface area contributed by atoms with Gasteiger partial charge in [0.15, 0.2) is 0 Å². The summed E-state index contributed by atoms with van der Waals surface area (Å²) in [7, 11) is 0. The number of aryl methyl sites for hydroxylation is 1. The van der Waals surface area contributed by atoms with Crippen LogP contribution in [0.15, 0.2) is 24.3 Å². The average Bonchev–Trinajstić information content (AvgIpc) is 2.40. The van der Waals surface area contributed by atoms with Crippen molar-refractivity contribution in [3.8, 4) is 0 Å². The molecule has 5 heteroatoms. The second kappa shape index (κ2) is 7.05. The molecule has 1 rings (SSSR count). The van der Waals surface area contributed by atoms with Crippen LogP contribution in [0.5, 0.6) is 0 Å². The third-order valence-corrected chi connectivity index (χ3v) is 3.27. The van der Waals surface area contributed by atoms with Gasteiger partial charge in [-0.15, -0.1) is 0 Å². The monoisotopic (exact) mass is 278 g/mol. The summed E-state index contributed by atoms with van der Waals surface area (Å²) in [6.07, 6.45) is 2.27. The molecule has 0 bridgehead atoms. The minimum atomic E-state index is -0.766. The Hall–Kier alpha value is -1.88. The van der Waals surface area contributed by atoms with E-state index < -0.39 is 11.4 Å². The first-order valence-electron chi connectivity index (χ1n) is 6.67. The topological polar surface area (TPSA) is 92.4 Å². The maximum atomic E-state index is 11.1. The number of aliphatic carboxylic acids is 1. The highest BCUT2D eigenvalue weighted by Gasteiger charge is 2.25. The van der Waals surface area contributed by atoms with Crippen molar-refractivity contribution in [3.05, 3.63) is 29.8 Å². The molecule has 110 valence electrons.